The number of rotatable bonds is 5. The third kappa shape index (κ3) is 3.60. The highest BCUT2D eigenvalue weighted by molar-refractivity contribution is 5.43. The molecule has 0 unspecified atom stereocenters. The summed E-state index contributed by atoms with van der Waals surface area (Å²) in [5, 5.41) is 5.46. The van der Waals surface area contributed by atoms with Gasteiger partial charge in [0.1, 0.15) is 13.1 Å². The quantitative estimate of drug-likeness (QED) is 0.826. The van der Waals surface area contributed by atoms with Gasteiger partial charge in [-0.1, -0.05) is 42.0 Å². The van der Waals surface area contributed by atoms with Crippen LogP contribution in [-0.2, 0) is 13.1 Å². The molecule has 2 rings (SSSR count). The molecule has 0 aliphatic carbocycles. The number of nitrogens with one attached hydrogen (secondary N) is 1. The molecule has 0 aliphatic heterocycles. The summed E-state index contributed by atoms with van der Waals surface area (Å²) in [5.74, 6) is 0. The van der Waals surface area contributed by atoms with Crippen molar-refractivity contribution in [2.75, 3.05) is 12.4 Å². The van der Waals surface area contributed by atoms with Crippen LogP contribution in [0.5, 0.6) is 0 Å². The minimum atomic E-state index is 1.03. The average molecular weight is 241 g/mol. The lowest BCUT2D eigenvalue weighted by Gasteiger charge is -2.04. The van der Waals surface area contributed by atoms with Gasteiger partial charge in [0.2, 0.25) is 0 Å². The molecule has 0 heterocycles. The van der Waals surface area contributed by atoms with Crippen molar-refractivity contribution in [1.29, 1.82) is 0 Å². The Morgan fingerprint density at radius 2 is 1.33 bits per heavy atom. The van der Waals surface area contributed by atoms with E-state index < -0.39 is 0 Å². The molecule has 94 valence electrons. The van der Waals surface area contributed by atoms with Crippen molar-refractivity contribution in [3.8, 4) is 0 Å². The number of benzene rings is 2. The molecule has 0 amide bonds. The molecule has 0 fully saturated rings. The number of quaternary nitrogens is 1. The third-order valence-corrected chi connectivity index (χ3v) is 3.12. The predicted molar refractivity (Wildman–Crippen MR) is 76.5 cm³/mol. The number of aryl methyl sites for hydroxylation is 1. The first kappa shape index (κ1) is 12.7. The Balaban J connectivity index is 1.82. The molecule has 0 aromatic heterocycles. The molecule has 2 heteroatoms. The van der Waals surface area contributed by atoms with Crippen LogP contribution in [0.25, 0.3) is 0 Å². The largest absolute Gasteiger partial charge is 0.388 e. The fraction of sp³-hybridized carbons (Fsp3) is 0.250. The minimum absolute atomic E-state index is 1.03. The van der Waals surface area contributed by atoms with E-state index in [2.05, 4.69) is 66.1 Å². The summed E-state index contributed by atoms with van der Waals surface area (Å²) in [7, 11) is 1.94. The maximum atomic E-state index is 3.13. The van der Waals surface area contributed by atoms with Gasteiger partial charge in [-0.05, 0) is 19.1 Å². The molecule has 0 saturated carbocycles. The summed E-state index contributed by atoms with van der Waals surface area (Å²) >= 11 is 0. The molecule has 0 radical (unpaired) electrons. The van der Waals surface area contributed by atoms with Crippen LogP contribution in [0, 0.1) is 6.92 Å². The second-order valence-electron chi connectivity index (χ2n) is 4.63. The lowest BCUT2D eigenvalue weighted by molar-refractivity contribution is -0.686. The summed E-state index contributed by atoms with van der Waals surface area (Å²) in [6.45, 7) is 4.18. The fourth-order valence-electron chi connectivity index (χ4n) is 1.94. The van der Waals surface area contributed by atoms with E-state index in [1.807, 2.05) is 7.05 Å². The van der Waals surface area contributed by atoms with E-state index in [4.69, 9.17) is 0 Å². The number of nitrogens with two attached hydrogens (primary N) is 1. The molecule has 0 saturated heterocycles. The molecule has 0 spiro atoms. The molecule has 18 heavy (non-hydrogen) atoms. The predicted octanol–water partition coefficient (Wildman–Crippen LogP) is 2.30. The van der Waals surface area contributed by atoms with Gasteiger partial charge in [0, 0.05) is 23.9 Å². The SMILES string of the molecule is CNc1ccc(C[NH2+]Cc2ccc(C)cc2)cc1. The smallest absolute Gasteiger partial charge is 0.101 e. The van der Waals surface area contributed by atoms with Crippen molar-refractivity contribution in [2.24, 2.45) is 0 Å². The average Bonchev–Trinajstić information content (AvgIpc) is 2.42. The number of anilines is 1. The van der Waals surface area contributed by atoms with Gasteiger partial charge in [-0.15, -0.1) is 0 Å². The lowest BCUT2D eigenvalue weighted by Crippen LogP contribution is -2.80. The van der Waals surface area contributed by atoms with E-state index >= 15 is 0 Å². The molecule has 0 atom stereocenters. The summed E-state index contributed by atoms with van der Waals surface area (Å²) in [6, 6.07) is 17.3. The van der Waals surface area contributed by atoms with E-state index in [9.17, 15) is 0 Å². The Hall–Kier alpha value is -1.80. The molecular formula is C16H21N2+. The van der Waals surface area contributed by atoms with E-state index in [1.54, 1.807) is 0 Å². The highest BCUT2D eigenvalue weighted by Crippen LogP contribution is 2.07. The van der Waals surface area contributed by atoms with Gasteiger partial charge >= 0.3 is 0 Å². The van der Waals surface area contributed by atoms with E-state index in [0.717, 1.165) is 18.8 Å². The Kier molecular flexibility index (Phi) is 4.37. The Morgan fingerprint density at radius 1 is 0.833 bits per heavy atom. The zero-order valence-electron chi connectivity index (χ0n) is 11.1. The van der Waals surface area contributed by atoms with Crippen molar-refractivity contribution in [3.63, 3.8) is 0 Å². The summed E-state index contributed by atoms with van der Waals surface area (Å²) in [4.78, 5) is 0. The van der Waals surface area contributed by atoms with Crippen molar-refractivity contribution in [2.45, 2.75) is 20.0 Å². The summed E-state index contributed by atoms with van der Waals surface area (Å²) in [5.41, 5.74) is 5.23. The van der Waals surface area contributed by atoms with Gasteiger partial charge in [0.05, 0.1) is 0 Å². The number of hydrogen-bond acceptors (Lipinski definition) is 1. The van der Waals surface area contributed by atoms with Crippen LogP contribution in [0.4, 0.5) is 5.69 Å². The fourth-order valence-corrected chi connectivity index (χ4v) is 1.94. The van der Waals surface area contributed by atoms with Crippen LogP contribution < -0.4 is 10.6 Å². The Labute approximate surface area is 109 Å². The monoisotopic (exact) mass is 241 g/mol. The van der Waals surface area contributed by atoms with Crippen molar-refractivity contribution < 1.29 is 5.32 Å². The Bertz CT molecular complexity index is 471. The van der Waals surface area contributed by atoms with Crippen molar-refractivity contribution in [3.05, 3.63) is 65.2 Å². The molecular weight excluding hydrogens is 220 g/mol. The molecule has 0 aliphatic rings. The third-order valence-electron chi connectivity index (χ3n) is 3.12. The van der Waals surface area contributed by atoms with Crippen LogP contribution in [-0.4, -0.2) is 7.05 Å². The normalized spacial score (nSPS) is 10.3. The van der Waals surface area contributed by atoms with Crippen LogP contribution in [0.3, 0.4) is 0 Å². The number of hydrogen-bond donors (Lipinski definition) is 2. The molecule has 2 aromatic carbocycles. The maximum Gasteiger partial charge on any atom is 0.101 e. The van der Waals surface area contributed by atoms with Crippen LogP contribution in [0.15, 0.2) is 48.5 Å². The van der Waals surface area contributed by atoms with Gasteiger partial charge in [-0.25, -0.2) is 0 Å². The van der Waals surface area contributed by atoms with Crippen molar-refractivity contribution in [1.82, 2.24) is 0 Å². The second-order valence-corrected chi connectivity index (χ2v) is 4.63. The minimum Gasteiger partial charge on any atom is -0.388 e. The summed E-state index contributed by atoms with van der Waals surface area (Å²) < 4.78 is 0. The zero-order valence-corrected chi connectivity index (χ0v) is 11.1. The molecule has 2 aromatic rings. The van der Waals surface area contributed by atoms with E-state index in [0.29, 0.717) is 0 Å². The maximum absolute atomic E-state index is 3.13. The van der Waals surface area contributed by atoms with Gasteiger partial charge in [-0.2, -0.15) is 0 Å². The first-order chi connectivity index (χ1) is 8.78. The molecule has 2 nitrogen and oxygen atoms in total. The van der Waals surface area contributed by atoms with Gasteiger partial charge in [-0.3, -0.25) is 0 Å². The van der Waals surface area contributed by atoms with Crippen molar-refractivity contribution >= 4 is 5.69 Å². The zero-order chi connectivity index (χ0) is 12.8. The standard InChI is InChI=1S/C16H20N2/c1-13-3-5-14(6-4-13)11-18-12-15-7-9-16(17-2)10-8-15/h3-10,17-18H,11-12H2,1-2H3/p+1. The van der Waals surface area contributed by atoms with E-state index in [1.165, 1.54) is 16.7 Å². The van der Waals surface area contributed by atoms with Crippen LogP contribution in [0.1, 0.15) is 16.7 Å². The topological polar surface area (TPSA) is 28.6 Å². The molecule has 0 bridgehead atoms. The van der Waals surface area contributed by atoms with Crippen LogP contribution in [0.2, 0.25) is 0 Å². The first-order valence-corrected chi connectivity index (χ1v) is 6.42. The van der Waals surface area contributed by atoms with Gasteiger partial charge in [0.25, 0.3) is 0 Å². The highest BCUT2D eigenvalue weighted by atomic mass is 14.8. The molecule has 3 N–H and O–H groups in total. The Morgan fingerprint density at radius 3 is 1.83 bits per heavy atom. The van der Waals surface area contributed by atoms with E-state index in [-0.39, 0.29) is 0 Å². The second kappa shape index (κ2) is 6.22. The highest BCUT2D eigenvalue weighted by Gasteiger charge is 1.98. The van der Waals surface area contributed by atoms with Crippen LogP contribution >= 0.6 is 0 Å². The van der Waals surface area contributed by atoms with Gasteiger partial charge < -0.3 is 10.6 Å². The first-order valence-electron chi connectivity index (χ1n) is 6.42. The summed E-state index contributed by atoms with van der Waals surface area (Å²) in [6.07, 6.45) is 0. The van der Waals surface area contributed by atoms with Gasteiger partial charge in [0.15, 0.2) is 0 Å². The lowest BCUT2D eigenvalue weighted by atomic mass is 10.1.